The van der Waals surface area contributed by atoms with Gasteiger partial charge in [-0.1, -0.05) is 60.5 Å². The van der Waals surface area contributed by atoms with Crippen molar-refractivity contribution in [3.05, 3.63) is 89.5 Å². The first kappa shape index (κ1) is 25.3. The van der Waals surface area contributed by atoms with Gasteiger partial charge in [0.05, 0.1) is 17.1 Å². The molecule has 0 aromatic heterocycles. The summed E-state index contributed by atoms with van der Waals surface area (Å²) in [6.07, 6.45) is 2.77. The molecule has 1 fully saturated rings. The molecule has 0 saturated carbocycles. The largest absolute Gasteiger partial charge is 0.476 e. The molecule has 1 atom stereocenters. The second-order valence-corrected chi connectivity index (χ2v) is 11.6. The van der Waals surface area contributed by atoms with Gasteiger partial charge in [0.1, 0.15) is 5.75 Å². The van der Waals surface area contributed by atoms with Crippen molar-refractivity contribution in [2.24, 2.45) is 0 Å². The summed E-state index contributed by atoms with van der Waals surface area (Å²) in [6.45, 7) is 5.22. The zero-order valence-corrected chi connectivity index (χ0v) is 21.9. The van der Waals surface area contributed by atoms with E-state index in [2.05, 4.69) is 16.3 Å². The number of hydrogen-bond acceptors (Lipinski definition) is 5. The minimum Gasteiger partial charge on any atom is -0.476 e. The molecular formula is C29H33N3O4S. The summed E-state index contributed by atoms with van der Waals surface area (Å²) in [5, 5.41) is 2.99. The smallest absolute Gasteiger partial charge is 0.264 e. The van der Waals surface area contributed by atoms with Gasteiger partial charge in [0.15, 0.2) is 6.10 Å². The number of amides is 1. The number of rotatable bonds is 7. The highest BCUT2D eigenvalue weighted by molar-refractivity contribution is 7.92. The van der Waals surface area contributed by atoms with Crippen molar-refractivity contribution >= 4 is 21.6 Å². The monoisotopic (exact) mass is 519 g/mol. The molecule has 2 aliphatic heterocycles. The maximum Gasteiger partial charge on any atom is 0.264 e. The van der Waals surface area contributed by atoms with Crippen molar-refractivity contribution in [1.29, 1.82) is 0 Å². The predicted molar refractivity (Wildman–Crippen MR) is 144 cm³/mol. The molecule has 2 heterocycles. The highest BCUT2D eigenvalue weighted by Crippen LogP contribution is 2.36. The van der Waals surface area contributed by atoms with E-state index in [9.17, 15) is 13.2 Å². The van der Waals surface area contributed by atoms with Crippen LogP contribution in [0.1, 0.15) is 36.0 Å². The van der Waals surface area contributed by atoms with Crippen molar-refractivity contribution in [2.45, 2.75) is 50.3 Å². The highest BCUT2D eigenvalue weighted by Gasteiger charge is 2.37. The van der Waals surface area contributed by atoms with Gasteiger partial charge >= 0.3 is 0 Å². The molecule has 1 amide bonds. The van der Waals surface area contributed by atoms with Crippen molar-refractivity contribution in [3.8, 4) is 5.75 Å². The number of fused-ring (bicyclic) bond motifs is 1. The number of likely N-dealkylation sites (tertiary alicyclic amines) is 1. The fraction of sp³-hybridized carbons (Fsp3) is 0.345. The van der Waals surface area contributed by atoms with Crippen LogP contribution in [-0.4, -0.2) is 45.0 Å². The van der Waals surface area contributed by atoms with Gasteiger partial charge in [-0.2, -0.15) is 0 Å². The first-order valence-electron chi connectivity index (χ1n) is 12.8. The molecule has 194 valence electrons. The van der Waals surface area contributed by atoms with E-state index in [1.54, 1.807) is 48.5 Å². The molecule has 0 spiro atoms. The molecule has 2 aliphatic rings. The summed E-state index contributed by atoms with van der Waals surface area (Å²) < 4.78 is 34.4. The van der Waals surface area contributed by atoms with Gasteiger partial charge in [-0.3, -0.25) is 14.0 Å². The Bertz CT molecular complexity index is 1350. The van der Waals surface area contributed by atoms with E-state index in [1.807, 2.05) is 25.1 Å². The van der Waals surface area contributed by atoms with Crippen LogP contribution in [0.2, 0.25) is 0 Å². The summed E-state index contributed by atoms with van der Waals surface area (Å²) in [5.74, 6) is 0.0291. The van der Waals surface area contributed by atoms with Crippen LogP contribution in [0, 0.1) is 6.92 Å². The molecular weight excluding hydrogens is 486 g/mol. The molecule has 3 aromatic carbocycles. The van der Waals surface area contributed by atoms with Crippen LogP contribution < -0.4 is 14.4 Å². The summed E-state index contributed by atoms with van der Waals surface area (Å²) >= 11 is 0. The van der Waals surface area contributed by atoms with Gasteiger partial charge in [0.25, 0.3) is 15.9 Å². The molecule has 8 heteroatoms. The van der Waals surface area contributed by atoms with E-state index in [0.717, 1.165) is 30.8 Å². The van der Waals surface area contributed by atoms with E-state index in [-0.39, 0.29) is 17.3 Å². The zero-order chi connectivity index (χ0) is 25.8. The normalized spacial score (nSPS) is 18.1. The van der Waals surface area contributed by atoms with Crippen LogP contribution in [-0.2, 0) is 27.9 Å². The number of carbonyl (C=O) groups excluding carboxylic acids is 1. The quantitative estimate of drug-likeness (QED) is 0.505. The summed E-state index contributed by atoms with van der Waals surface area (Å²) in [5.41, 5.74) is 3.66. The Morgan fingerprint density at radius 1 is 0.919 bits per heavy atom. The average Bonchev–Trinajstić information content (AvgIpc) is 2.92. The molecule has 0 bridgehead atoms. The Hall–Kier alpha value is -3.36. The lowest BCUT2D eigenvalue weighted by atomic mass is 10.0. The van der Waals surface area contributed by atoms with Crippen molar-refractivity contribution in [1.82, 2.24) is 10.2 Å². The third-order valence-electron chi connectivity index (χ3n) is 7.05. The molecule has 5 rings (SSSR count). The Kier molecular flexibility index (Phi) is 7.48. The molecule has 1 saturated heterocycles. The van der Waals surface area contributed by atoms with Gasteiger partial charge in [-0.25, -0.2) is 8.42 Å². The van der Waals surface area contributed by atoms with Crippen LogP contribution in [0.3, 0.4) is 0 Å². The number of sulfonamides is 1. The number of nitrogens with zero attached hydrogens (tertiary/aromatic N) is 2. The molecule has 7 nitrogen and oxygen atoms in total. The lowest BCUT2D eigenvalue weighted by molar-refractivity contribution is -0.127. The number of nitrogens with one attached hydrogen (secondary N) is 1. The highest BCUT2D eigenvalue weighted by atomic mass is 32.2. The van der Waals surface area contributed by atoms with Gasteiger partial charge in [-0.15, -0.1) is 0 Å². The van der Waals surface area contributed by atoms with Gasteiger partial charge in [-0.05, 0) is 68.2 Å². The first-order valence-corrected chi connectivity index (χ1v) is 14.3. The third kappa shape index (κ3) is 5.65. The molecule has 37 heavy (non-hydrogen) atoms. The third-order valence-corrected chi connectivity index (χ3v) is 8.84. The SMILES string of the molecule is Cc1ccc(S(=O)(=O)N2C[C@@H](C(=O)NCc3ccccc3CN3CCCCC3)Oc3ccccc32)cc1. The fourth-order valence-electron chi connectivity index (χ4n) is 4.94. The Balaban J connectivity index is 1.32. The van der Waals surface area contributed by atoms with Crippen LogP contribution in [0.25, 0.3) is 0 Å². The van der Waals surface area contributed by atoms with E-state index >= 15 is 0 Å². The molecule has 3 aromatic rings. The van der Waals surface area contributed by atoms with Gasteiger partial charge in [0.2, 0.25) is 0 Å². The number of piperidine rings is 1. The minimum atomic E-state index is -3.88. The topological polar surface area (TPSA) is 79.0 Å². The average molecular weight is 520 g/mol. The van der Waals surface area contributed by atoms with Gasteiger partial charge in [0, 0.05) is 13.1 Å². The predicted octanol–water partition coefficient (Wildman–Crippen LogP) is 4.25. The number of aryl methyl sites for hydroxylation is 1. The maximum atomic E-state index is 13.6. The van der Waals surface area contributed by atoms with E-state index < -0.39 is 16.1 Å². The van der Waals surface area contributed by atoms with Crippen LogP contribution >= 0.6 is 0 Å². The molecule has 1 N–H and O–H groups in total. The van der Waals surface area contributed by atoms with Crippen LogP contribution in [0.5, 0.6) is 5.75 Å². The lowest BCUT2D eigenvalue weighted by Gasteiger charge is -2.34. The van der Waals surface area contributed by atoms with E-state index in [1.165, 1.54) is 29.1 Å². The molecule has 0 unspecified atom stereocenters. The number of anilines is 1. The minimum absolute atomic E-state index is 0.103. The molecule has 0 radical (unpaired) electrons. The Morgan fingerprint density at radius 3 is 2.35 bits per heavy atom. The van der Waals surface area contributed by atoms with Gasteiger partial charge < -0.3 is 10.1 Å². The standard InChI is InChI=1S/C29H33N3O4S/c1-22-13-15-25(16-14-22)37(34,35)32-21-28(36-27-12-6-5-11-26(27)32)29(33)30-19-23-9-3-4-10-24(23)20-31-17-7-2-8-18-31/h3-6,9-16,28H,2,7-8,17-21H2,1H3,(H,30,33)/t28-/m0/s1. The lowest BCUT2D eigenvalue weighted by Crippen LogP contribution is -2.50. The zero-order valence-electron chi connectivity index (χ0n) is 21.1. The Morgan fingerprint density at radius 2 is 1.59 bits per heavy atom. The summed E-state index contributed by atoms with van der Waals surface area (Å²) in [6, 6.07) is 21.8. The molecule has 0 aliphatic carbocycles. The first-order chi connectivity index (χ1) is 17.9. The number of carbonyl (C=O) groups is 1. The Labute approximate surface area is 219 Å². The summed E-state index contributed by atoms with van der Waals surface area (Å²) in [4.78, 5) is 15.9. The number of para-hydroxylation sites is 2. The van der Waals surface area contributed by atoms with Crippen molar-refractivity contribution < 1.29 is 17.9 Å². The summed E-state index contributed by atoms with van der Waals surface area (Å²) in [7, 11) is -3.88. The van der Waals surface area contributed by atoms with Crippen molar-refractivity contribution in [2.75, 3.05) is 23.9 Å². The maximum absolute atomic E-state index is 13.6. The van der Waals surface area contributed by atoms with Crippen molar-refractivity contribution in [3.63, 3.8) is 0 Å². The fourth-order valence-corrected chi connectivity index (χ4v) is 6.42. The number of benzene rings is 3. The number of ether oxygens (including phenoxy) is 1. The van der Waals surface area contributed by atoms with Crippen LogP contribution in [0.4, 0.5) is 5.69 Å². The number of hydrogen-bond donors (Lipinski definition) is 1. The second kappa shape index (κ2) is 10.9. The van der Waals surface area contributed by atoms with E-state index in [4.69, 9.17) is 4.74 Å². The second-order valence-electron chi connectivity index (χ2n) is 9.75. The van der Waals surface area contributed by atoms with Crippen LogP contribution in [0.15, 0.2) is 77.7 Å². The van der Waals surface area contributed by atoms with E-state index in [0.29, 0.717) is 18.0 Å².